The number of rotatable bonds is 3. The van der Waals surface area contributed by atoms with Gasteiger partial charge in [-0.1, -0.05) is 0 Å². The Morgan fingerprint density at radius 1 is 1.25 bits per heavy atom. The summed E-state index contributed by atoms with van der Waals surface area (Å²) >= 11 is 0. The van der Waals surface area contributed by atoms with Crippen molar-refractivity contribution in [1.82, 2.24) is 24.5 Å². The average Bonchev–Trinajstić information content (AvgIpc) is 3.13. The fourth-order valence-corrected chi connectivity index (χ4v) is 3.26. The molecule has 4 heterocycles. The summed E-state index contributed by atoms with van der Waals surface area (Å²) in [5.74, 6) is 0.993. The number of aromatic amines is 1. The summed E-state index contributed by atoms with van der Waals surface area (Å²) < 4.78 is 2.22. The van der Waals surface area contributed by atoms with Crippen molar-refractivity contribution in [2.45, 2.75) is 33.4 Å². The lowest BCUT2D eigenvalue weighted by atomic mass is 10.1. The second-order valence-electron chi connectivity index (χ2n) is 6.24. The fourth-order valence-electron chi connectivity index (χ4n) is 3.26. The van der Waals surface area contributed by atoms with E-state index in [1.165, 1.54) is 0 Å². The Kier molecular flexibility index (Phi) is 3.35. The van der Waals surface area contributed by atoms with Gasteiger partial charge in [-0.15, -0.1) is 0 Å². The van der Waals surface area contributed by atoms with E-state index in [1.54, 1.807) is 0 Å². The highest BCUT2D eigenvalue weighted by Gasteiger charge is 2.14. The highest BCUT2D eigenvalue weighted by atomic mass is 16.3. The molecule has 6 nitrogen and oxygen atoms in total. The van der Waals surface area contributed by atoms with Crippen LogP contribution in [0.2, 0.25) is 0 Å². The van der Waals surface area contributed by atoms with Crippen molar-refractivity contribution < 1.29 is 5.11 Å². The molecule has 0 aliphatic heterocycles. The summed E-state index contributed by atoms with van der Waals surface area (Å²) in [6, 6.07) is 6.22. The number of nitrogens with zero attached hydrogens (tertiary/aromatic N) is 4. The SMILES string of the molecule is Cc1nc2cnc(-c3c[nH]c4nc(CO)ccc34)cc2n1C(C)C. The minimum atomic E-state index is -0.0681. The number of aliphatic hydroxyl groups excluding tert-OH is 1. The van der Waals surface area contributed by atoms with Crippen molar-refractivity contribution in [3.8, 4) is 11.3 Å². The molecule has 0 amide bonds. The molecule has 6 heteroatoms. The van der Waals surface area contributed by atoms with Crippen molar-refractivity contribution in [2.24, 2.45) is 0 Å². The number of hydrogen-bond acceptors (Lipinski definition) is 4. The maximum Gasteiger partial charge on any atom is 0.138 e. The molecule has 0 bridgehead atoms. The molecule has 0 aliphatic rings. The van der Waals surface area contributed by atoms with Gasteiger partial charge in [-0.05, 0) is 39.0 Å². The summed E-state index contributed by atoms with van der Waals surface area (Å²) in [4.78, 5) is 16.7. The third-order valence-corrected chi connectivity index (χ3v) is 4.30. The first kappa shape index (κ1) is 14.8. The van der Waals surface area contributed by atoms with E-state index in [4.69, 9.17) is 0 Å². The first-order valence-corrected chi connectivity index (χ1v) is 8.01. The Bertz CT molecular complexity index is 1040. The molecule has 0 saturated heterocycles. The van der Waals surface area contributed by atoms with Gasteiger partial charge in [-0.2, -0.15) is 0 Å². The molecule has 0 radical (unpaired) electrons. The van der Waals surface area contributed by atoms with Crippen LogP contribution in [0.5, 0.6) is 0 Å². The van der Waals surface area contributed by atoms with Gasteiger partial charge >= 0.3 is 0 Å². The van der Waals surface area contributed by atoms with Gasteiger partial charge in [0.25, 0.3) is 0 Å². The van der Waals surface area contributed by atoms with E-state index in [-0.39, 0.29) is 6.61 Å². The Labute approximate surface area is 139 Å². The molecule has 0 atom stereocenters. The lowest BCUT2D eigenvalue weighted by molar-refractivity contribution is 0.277. The largest absolute Gasteiger partial charge is 0.390 e. The highest BCUT2D eigenvalue weighted by molar-refractivity contribution is 5.94. The first-order valence-electron chi connectivity index (χ1n) is 8.01. The summed E-state index contributed by atoms with van der Waals surface area (Å²) in [7, 11) is 0. The zero-order valence-corrected chi connectivity index (χ0v) is 13.9. The van der Waals surface area contributed by atoms with Gasteiger partial charge < -0.3 is 14.7 Å². The molecule has 4 aromatic heterocycles. The van der Waals surface area contributed by atoms with Crippen LogP contribution in [0.3, 0.4) is 0 Å². The van der Waals surface area contributed by atoms with Crippen molar-refractivity contribution in [2.75, 3.05) is 0 Å². The van der Waals surface area contributed by atoms with Crippen LogP contribution in [-0.2, 0) is 6.61 Å². The number of H-pyrrole nitrogens is 1. The second-order valence-corrected chi connectivity index (χ2v) is 6.24. The van der Waals surface area contributed by atoms with Crippen molar-refractivity contribution in [3.05, 3.63) is 42.1 Å². The van der Waals surface area contributed by atoms with Crippen LogP contribution in [0.1, 0.15) is 31.4 Å². The second kappa shape index (κ2) is 5.42. The smallest absolute Gasteiger partial charge is 0.138 e. The topological polar surface area (TPSA) is 79.6 Å². The molecule has 24 heavy (non-hydrogen) atoms. The van der Waals surface area contributed by atoms with Crippen molar-refractivity contribution in [3.63, 3.8) is 0 Å². The van der Waals surface area contributed by atoms with Crippen molar-refractivity contribution in [1.29, 1.82) is 0 Å². The predicted octanol–water partition coefficient (Wildman–Crippen LogP) is 3.36. The summed E-state index contributed by atoms with van der Waals surface area (Å²) in [5, 5.41) is 10.2. The first-order chi connectivity index (χ1) is 11.6. The quantitative estimate of drug-likeness (QED) is 0.606. The van der Waals surface area contributed by atoms with E-state index in [2.05, 4.69) is 44.4 Å². The highest BCUT2D eigenvalue weighted by Crippen LogP contribution is 2.29. The number of nitrogens with one attached hydrogen (secondary N) is 1. The third kappa shape index (κ3) is 2.18. The summed E-state index contributed by atoms with van der Waals surface area (Å²) in [6.45, 7) is 6.26. The molecule has 0 spiro atoms. The number of aliphatic hydroxyl groups is 1. The summed E-state index contributed by atoms with van der Waals surface area (Å²) in [6.07, 6.45) is 3.74. The van der Waals surface area contributed by atoms with E-state index in [0.29, 0.717) is 11.7 Å². The van der Waals surface area contributed by atoms with Gasteiger partial charge in [0, 0.05) is 23.2 Å². The normalized spacial score (nSPS) is 11.9. The standard InChI is InChI=1S/C18H19N5O/c1-10(2)23-11(3)21-16-8-19-15(6-17(16)23)14-7-20-18-13(14)5-4-12(9-24)22-18/h4-8,10,24H,9H2,1-3H3,(H,20,22). The molecule has 0 unspecified atom stereocenters. The van der Waals surface area contributed by atoms with Crippen LogP contribution in [0.25, 0.3) is 33.3 Å². The number of hydrogen-bond donors (Lipinski definition) is 2. The Hall–Kier alpha value is -2.73. The van der Waals surface area contributed by atoms with Gasteiger partial charge in [0.05, 0.1) is 29.7 Å². The Morgan fingerprint density at radius 2 is 2.08 bits per heavy atom. The molecular weight excluding hydrogens is 302 g/mol. The van der Waals surface area contributed by atoms with E-state index in [1.807, 2.05) is 31.5 Å². The number of aryl methyl sites for hydroxylation is 1. The summed E-state index contributed by atoms with van der Waals surface area (Å²) in [5.41, 5.74) is 5.28. The van der Waals surface area contributed by atoms with Crippen LogP contribution in [-0.4, -0.2) is 29.6 Å². The molecule has 0 saturated carbocycles. The number of fused-ring (bicyclic) bond motifs is 2. The van der Waals surface area contributed by atoms with Gasteiger partial charge in [0.15, 0.2) is 0 Å². The monoisotopic (exact) mass is 321 g/mol. The minimum Gasteiger partial charge on any atom is -0.390 e. The molecule has 0 fully saturated rings. The molecule has 4 aromatic rings. The Morgan fingerprint density at radius 3 is 2.83 bits per heavy atom. The Balaban J connectivity index is 1.92. The lowest BCUT2D eigenvalue weighted by Crippen LogP contribution is -2.02. The van der Waals surface area contributed by atoms with Crippen molar-refractivity contribution >= 4 is 22.1 Å². The predicted molar refractivity (Wildman–Crippen MR) is 93.7 cm³/mol. The van der Waals surface area contributed by atoms with E-state index in [9.17, 15) is 5.11 Å². The number of imidazole rings is 1. The van der Waals surface area contributed by atoms with Gasteiger partial charge in [0.1, 0.15) is 17.0 Å². The molecule has 2 N–H and O–H groups in total. The molecule has 4 rings (SSSR count). The molecule has 0 aliphatic carbocycles. The maximum absolute atomic E-state index is 9.23. The van der Waals surface area contributed by atoms with E-state index >= 15 is 0 Å². The van der Waals surface area contributed by atoms with Gasteiger partial charge in [-0.25, -0.2) is 9.97 Å². The van der Waals surface area contributed by atoms with Gasteiger partial charge in [0.2, 0.25) is 0 Å². The zero-order chi connectivity index (χ0) is 16.8. The van der Waals surface area contributed by atoms with E-state index in [0.717, 1.165) is 39.1 Å². The van der Waals surface area contributed by atoms with Crippen LogP contribution in [0, 0.1) is 6.92 Å². The maximum atomic E-state index is 9.23. The zero-order valence-electron chi connectivity index (χ0n) is 13.9. The van der Waals surface area contributed by atoms with E-state index < -0.39 is 0 Å². The minimum absolute atomic E-state index is 0.0681. The van der Waals surface area contributed by atoms with Crippen LogP contribution < -0.4 is 0 Å². The molecule has 122 valence electrons. The number of aromatic nitrogens is 5. The van der Waals surface area contributed by atoms with Crippen LogP contribution >= 0.6 is 0 Å². The fraction of sp³-hybridized carbons (Fsp3) is 0.278. The number of pyridine rings is 2. The van der Waals surface area contributed by atoms with Crippen LogP contribution in [0.15, 0.2) is 30.6 Å². The lowest BCUT2D eigenvalue weighted by Gasteiger charge is -2.11. The van der Waals surface area contributed by atoms with Gasteiger partial charge in [-0.3, -0.25) is 4.98 Å². The average molecular weight is 321 g/mol. The third-order valence-electron chi connectivity index (χ3n) is 4.30. The van der Waals surface area contributed by atoms with Crippen LogP contribution in [0.4, 0.5) is 0 Å². The molecular formula is C18H19N5O. The molecule has 0 aromatic carbocycles.